The highest BCUT2D eigenvalue weighted by molar-refractivity contribution is 9.10. The second kappa shape index (κ2) is 7.53. The van der Waals surface area contributed by atoms with Gasteiger partial charge in [-0.05, 0) is 54.0 Å². The van der Waals surface area contributed by atoms with Crippen LogP contribution in [0.4, 0.5) is 5.69 Å². The van der Waals surface area contributed by atoms with Gasteiger partial charge in [0, 0.05) is 0 Å². The first-order valence-electron chi connectivity index (χ1n) is 7.85. The summed E-state index contributed by atoms with van der Waals surface area (Å²) in [5, 5.41) is 7.42. The molecule has 2 aromatic carbocycles. The van der Waals surface area contributed by atoms with Gasteiger partial charge in [-0.25, -0.2) is 4.68 Å². The first-order valence-corrected chi connectivity index (χ1v) is 8.64. The fourth-order valence-corrected chi connectivity index (χ4v) is 2.92. The number of halogens is 1. The molecule has 5 nitrogen and oxygen atoms in total. The monoisotopic (exact) mass is 399 g/mol. The summed E-state index contributed by atoms with van der Waals surface area (Å²) < 4.78 is 8.19. The smallest absolute Gasteiger partial charge is 0.262 e. The third-order valence-corrected chi connectivity index (χ3v) is 4.41. The Kier molecular flexibility index (Phi) is 5.19. The molecule has 1 N–H and O–H groups in total. The molecule has 0 saturated carbocycles. The number of para-hydroxylation sites is 2. The molecule has 1 aromatic heterocycles. The van der Waals surface area contributed by atoms with Gasteiger partial charge in [0.05, 0.1) is 27.2 Å². The molecule has 1 heterocycles. The summed E-state index contributed by atoms with van der Waals surface area (Å²) in [6, 6.07) is 17.2. The van der Waals surface area contributed by atoms with E-state index >= 15 is 0 Å². The van der Waals surface area contributed by atoms with E-state index in [0.29, 0.717) is 11.4 Å². The van der Waals surface area contributed by atoms with Crippen molar-refractivity contribution in [1.82, 2.24) is 9.78 Å². The average molecular weight is 400 g/mol. The van der Waals surface area contributed by atoms with Crippen LogP contribution >= 0.6 is 15.9 Å². The standard InChI is InChI=1S/C19H18BrN3O2/c1-13-19(14(2)23(22-13)15-8-4-3-5-9-15)21-18(24)12-25-17-11-7-6-10-16(17)20/h3-11H,12H2,1-2H3,(H,21,24). The van der Waals surface area contributed by atoms with Crippen molar-refractivity contribution in [3.8, 4) is 11.4 Å². The van der Waals surface area contributed by atoms with Gasteiger partial charge in [-0.2, -0.15) is 5.10 Å². The molecule has 128 valence electrons. The van der Waals surface area contributed by atoms with Gasteiger partial charge in [-0.15, -0.1) is 0 Å². The second-order valence-corrected chi connectivity index (χ2v) is 6.41. The van der Waals surface area contributed by atoms with Gasteiger partial charge in [-0.1, -0.05) is 30.3 Å². The van der Waals surface area contributed by atoms with Gasteiger partial charge in [0.1, 0.15) is 5.75 Å². The largest absolute Gasteiger partial charge is 0.483 e. The molecule has 0 radical (unpaired) electrons. The number of nitrogens with zero attached hydrogens (tertiary/aromatic N) is 2. The van der Waals surface area contributed by atoms with Crippen LogP contribution in [0.25, 0.3) is 5.69 Å². The van der Waals surface area contributed by atoms with Gasteiger partial charge in [-0.3, -0.25) is 4.79 Å². The van der Waals surface area contributed by atoms with E-state index in [-0.39, 0.29) is 12.5 Å². The summed E-state index contributed by atoms with van der Waals surface area (Å²) in [6.45, 7) is 3.73. The first kappa shape index (κ1) is 17.2. The molecule has 3 rings (SSSR count). The minimum Gasteiger partial charge on any atom is -0.483 e. The Bertz CT molecular complexity index is 891. The summed E-state index contributed by atoms with van der Waals surface area (Å²) in [6.07, 6.45) is 0. The molecule has 0 fully saturated rings. The number of ether oxygens (including phenoxy) is 1. The number of aryl methyl sites for hydroxylation is 1. The van der Waals surface area contributed by atoms with E-state index < -0.39 is 0 Å². The van der Waals surface area contributed by atoms with Crippen LogP contribution in [0.2, 0.25) is 0 Å². The lowest BCUT2D eigenvalue weighted by molar-refractivity contribution is -0.118. The SMILES string of the molecule is Cc1nn(-c2ccccc2)c(C)c1NC(=O)COc1ccccc1Br. The highest BCUT2D eigenvalue weighted by Crippen LogP contribution is 2.25. The Morgan fingerprint density at radius 1 is 1.12 bits per heavy atom. The van der Waals surface area contributed by atoms with Crippen molar-refractivity contribution in [3.63, 3.8) is 0 Å². The zero-order chi connectivity index (χ0) is 17.8. The number of nitrogens with one attached hydrogen (secondary N) is 1. The maximum absolute atomic E-state index is 12.3. The lowest BCUT2D eigenvalue weighted by Gasteiger charge is -2.09. The lowest BCUT2D eigenvalue weighted by atomic mass is 10.3. The molecule has 0 aliphatic carbocycles. The van der Waals surface area contributed by atoms with E-state index in [4.69, 9.17) is 4.74 Å². The molecular formula is C19H18BrN3O2. The Hall–Kier alpha value is -2.60. The second-order valence-electron chi connectivity index (χ2n) is 5.56. The zero-order valence-electron chi connectivity index (χ0n) is 14.0. The van der Waals surface area contributed by atoms with Crippen LogP contribution in [-0.4, -0.2) is 22.3 Å². The summed E-state index contributed by atoms with van der Waals surface area (Å²) >= 11 is 3.40. The number of hydrogen-bond donors (Lipinski definition) is 1. The molecule has 0 aliphatic heterocycles. The fourth-order valence-electron chi connectivity index (χ4n) is 2.52. The number of rotatable bonds is 5. The van der Waals surface area contributed by atoms with Crippen LogP contribution < -0.4 is 10.1 Å². The van der Waals surface area contributed by atoms with E-state index in [2.05, 4.69) is 26.3 Å². The quantitative estimate of drug-likeness (QED) is 0.696. The summed E-state index contributed by atoms with van der Waals surface area (Å²) in [4.78, 5) is 12.3. The van der Waals surface area contributed by atoms with E-state index in [0.717, 1.165) is 21.5 Å². The maximum atomic E-state index is 12.3. The summed E-state index contributed by atoms with van der Waals surface area (Å²) in [7, 11) is 0. The normalized spacial score (nSPS) is 10.5. The minimum atomic E-state index is -0.227. The van der Waals surface area contributed by atoms with Crippen LogP contribution in [0.3, 0.4) is 0 Å². The Balaban J connectivity index is 1.72. The van der Waals surface area contributed by atoms with Crippen LogP contribution in [-0.2, 0) is 4.79 Å². The number of hydrogen-bond acceptors (Lipinski definition) is 3. The van der Waals surface area contributed by atoms with Crippen molar-refractivity contribution < 1.29 is 9.53 Å². The molecule has 0 unspecified atom stereocenters. The molecule has 0 saturated heterocycles. The Morgan fingerprint density at radius 3 is 2.52 bits per heavy atom. The van der Waals surface area contributed by atoms with Crippen molar-refractivity contribution in [1.29, 1.82) is 0 Å². The molecule has 0 bridgehead atoms. The maximum Gasteiger partial charge on any atom is 0.262 e. The van der Waals surface area contributed by atoms with Gasteiger partial charge in [0.15, 0.2) is 6.61 Å². The zero-order valence-corrected chi connectivity index (χ0v) is 15.6. The number of carbonyl (C=O) groups excluding carboxylic acids is 1. The molecule has 0 aliphatic rings. The highest BCUT2D eigenvalue weighted by Gasteiger charge is 2.15. The topological polar surface area (TPSA) is 56.2 Å². The third kappa shape index (κ3) is 3.91. The highest BCUT2D eigenvalue weighted by atomic mass is 79.9. The van der Waals surface area contributed by atoms with E-state index in [1.165, 1.54) is 0 Å². The summed E-state index contributed by atoms with van der Waals surface area (Å²) in [5.74, 6) is 0.403. The van der Waals surface area contributed by atoms with Crippen molar-refractivity contribution >= 4 is 27.5 Å². The van der Waals surface area contributed by atoms with Gasteiger partial charge in [0.25, 0.3) is 5.91 Å². The van der Waals surface area contributed by atoms with Crippen LogP contribution in [0.5, 0.6) is 5.75 Å². The fraction of sp³-hybridized carbons (Fsp3) is 0.158. The molecule has 25 heavy (non-hydrogen) atoms. The van der Waals surface area contributed by atoms with Crippen molar-refractivity contribution in [2.24, 2.45) is 0 Å². The number of carbonyl (C=O) groups is 1. The average Bonchev–Trinajstić information content (AvgIpc) is 2.90. The van der Waals surface area contributed by atoms with E-state index in [9.17, 15) is 4.79 Å². The Labute approximate surface area is 154 Å². The summed E-state index contributed by atoms with van der Waals surface area (Å²) in [5.41, 5.74) is 3.30. The Morgan fingerprint density at radius 2 is 1.80 bits per heavy atom. The van der Waals surface area contributed by atoms with Crippen molar-refractivity contribution in [3.05, 3.63) is 70.5 Å². The van der Waals surface area contributed by atoms with E-state index in [1.807, 2.05) is 67.1 Å². The number of benzene rings is 2. The first-order chi connectivity index (χ1) is 12.1. The van der Waals surface area contributed by atoms with Crippen LogP contribution in [0, 0.1) is 13.8 Å². The van der Waals surface area contributed by atoms with Gasteiger partial charge < -0.3 is 10.1 Å². The van der Waals surface area contributed by atoms with Gasteiger partial charge >= 0.3 is 0 Å². The van der Waals surface area contributed by atoms with Gasteiger partial charge in [0.2, 0.25) is 0 Å². The third-order valence-electron chi connectivity index (χ3n) is 3.75. The number of anilines is 1. The van der Waals surface area contributed by atoms with Crippen LogP contribution in [0.15, 0.2) is 59.1 Å². The molecule has 1 amide bonds. The number of amides is 1. The predicted molar refractivity (Wildman–Crippen MR) is 101 cm³/mol. The number of aromatic nitrogens is 2. The van der Waals surface area contributed by atoms with Crippen LogP contribution in [0.1, 0.15) is 11.4 Å². The molecule has 0 atom stereocenters. The lowest BCUT2D eigenvalue weighted by Crippen LogP contribution is -2.21. The minimum absolute atomic E-state index is 0.0714. The molecular weight excluding hydrogens is 382 g/mol. The van der Waals surface area contributed by atoms with Crippen molar-refractivity contribution in [2.45, 2.75) is 13.8 Å². The molecule has 3 aromatic rings. The predicted octanol–water partition coefficient (Wildman–Crippen LogP) is 4.27. The van der Waals surface area contributed by atoms with Crippen molar-refractivity contribution in [2.75, 3.05) is 11.9 Å². The molecule has 6 heteroatoms. The van der Waals surface area contributed by atoms with E-state index in [1.54, 1.807) is 6.07 Å². The molecule has 0 spiro atoms.